The molecule has 0 unspecified atom stereocenters. The maximum Gasteiger partial charge on any atom is 0.189 e. The minimum Gasteiger partial charge on any atom is -0.497 e. The number of benzene rings is 2. The van der Waals surface area contributed by atoms with Crippen LogP contribution in [0.5, 0.6) is 11.5 Å². The molecule has 0 bridgehead atoms. The summed E-state index contributed by atoms with van der Waals surface area (Å²) in [4.78, 5) is 17.2. The van der Waals surface area contributed by atoms with Crippen molar-refractivity contribution in [3.63, 3.8) is 0 Å². The molecule has 0 atom stereocenters. The lowest BCUT2D eigenvalue weighted by atomic mass is 10.0. The normalized spacial score (nSPS) is 11.0. The minimum atomic E-state index is -0.132. The minimum absolute atomic E-state index is 0.132. The number of methoxy groups -OCH3 is 2. The molecule has 0 amide bonds. The number of rotatable bonds is 5. The van der Waals surface area contributed by atoms with Gasteiger partial charge in [0.25, 0.3) is 0 Å². The number of pyridine rings is 1. The number of nitrogens with zero attached hydrogens (tertiary/aromatic N) is 1. The Morgan fingerprint density at radius 3 is 2.60 bits per heavy atom. The van der Waals surface area contributed by atoms with Gasteiger partial charge in [-0.1, -0.05) is 24.3 Å². The van der Waals surface area contributed by atoms with E-state index in [9.17, 15) is 4.79 Å². The molecule has 0 aliphatic carbocycles. The summed E-state index contributed by atoms with van der Waals surface area (Å²) in [7, 11) is 3.13. The number of carbonyl (C=O) groups excluding carboxylic acids is 1. The van der Waals surface area contributed by atoms with Gasteiger partial charge in [-0.2, -0.15) is 0 Å². The van der Waals surface area contributed by atoms with E-state index in [0.717, 1.165) is 22.2 Å². The van der Waals surface area contributed by atoms with Gasteiger partial charge < -0.3 is 9.47 Å². The van der Waals surface area contributed by atoms with Crippen LogP contribution in [0.4, 0.5) is 0 Å². The molecule has 0 aliphatic heterocycles. The molecule has 1 aromatic heterocycles. The van der Waals surface area contributed by atoms with Gasteiger partial charge in [0.1, 0.15) is 11.5 Å². The average Bonchev–Trinajstić information content (AvgIpc) is 2.65. The lowest BCUT2D eigenvalue weighted by Gasteiger charge is -2.11. The van der Waals surface area contributed by atoms with E-state index in [1.54, 1.807) is 26.4 Å². The third kappa shape index (κ3) is 3.53. The van der Waals surface area contributed by atoms with Crippen molar-refractivity contribution in [2.75, 3.05) is 14.2 Å². The van der Waals surface area contributed by atoms with Crippen LogP contribution in [0.2, 0.25) is 0 Å². The Morgan fingerprint density at radius 1 is 1.04 bits per heavy atom. The third-order valence-electron chi connectivity index (χ3n) is 4.00. The summed E-state index contributed by atoms with van der Waals surface area (Å²) in [6, 6.07) is 15.3. The van der Waals surface area contributed by atoms with Crippen molar-refractivity contribution in [1.82, 2.24) is 4.98 Å². The van der Waals surface area contributed by atoms with Crippen LogP contribution in [0.1, 0.15) is 21.6 Å². The van der Waals surface area contributed by atoms with Gasteiger partial charge in [0.15, 0.2) is 5.78 Å². The Labute approximate surface area is 146 Å². The Bertz CT molecular complexity index is 961. The molecule has 3 aromatic rings. The second-order valence-corrected chi connectivity index (χ2v) is 5.65. The smallest absolute Gasteiger partial charge is 0.189 e. The molecule has 0 radical (unpaired) electrons. The van der Waals surface area contributed by atoms with Crippen LogP contribution in [-0.2, 0) is 0 Å². The SMILES string of the molecule is COc1cc(C)c(C(=O)/C=C/c2ccc3ccccc3n2)c(OC)c1. The number of hydrogen-bond donors (Lipinski definition) is 0. The molecular weight excluding hydrogens is 314 g/mol. The summed E-state index contributed by atoms with van der Waals surface area (Å²) in [5.41, 5.74) is 2.96. The zero-order valence-electron chi connectivity index (χ0n) is 14.4. The summed E-state index contributed by atoms with van der Waals surface area (Å²) in [6.45, 7) is 1.86. The second-order valence-electron chi connectivity index (χ2n) is 5.65. The van der Waals surface area contributed by atoms with Gasteiger partial charge in [0.2, 0.25) is 0 Å². The fraction of sp³-hybridized carbons (Fsp3) is 0.143. The first-order valence-electron chi connectivity index (χ1n) is 7.93. The zero-order chi connectivity index (χ0) is 17.8. The number of fused-ring (bicyclic) bond motifs is 1. The average molecular weight is 333 g/mol. The van der Waals surface area contributed by atoms with E-state index in [2.05, 4.69) is 4.98 Å². The number of hydrogen-bond acceptors (Lipinski definition) is 4. The lowest BCUT2D eigenvalue weighted by molar-refractivity contribution is 0.104. The van der Waals surface area contributed by atoms with E-state index in [-0.39, 0.29) is 5.78 Å². The Kier molecular flexibility index (Phi) is 4.80. The van der Waals surface area contributed by atoms with Crippen molar-refractivity contribution in [3.8, 4) is 11.5 Å². The van der Waals surface area contributed by atoms with Crippen molar-refractivity contribution in [3.05, 3.63) is 71.4 Å². The molecule has 0 saturated heterocycles. The lowest BCUT2D eigenvalue weighted by Crippen LogP contribution is -2.03. The molecular formula is C21H19NO3. The summed E-state index contributed by atoms with van der Waals surface area (Å²) in [6.07, 6.45) is 3.24. The van der Waals surface area contributed by atoms with E-state index in [1.165, 1.54) is 6.08 Å². The largest absolute Gasteiger partial charge is 0.497 e. The highest BCUT2D eigenvalue weighted by Crippen LogP contribution is 2.29. The highest BCUT2D eigenvalue weighted by atomic mass is 16.5. The van der Waals surface area contributed by atoms with E-state index < -0.39 is 0 Å². The quantitative estimate of drug-likeness (QED) is 0.511. The molecule has 4 heteroatoms. The number of para-hydroxylation sites is 1. The first-order chi connectivity index (χ1) is 12.1. The second kappa shape index (κ2) is 7.18. The van der Waals surface area contributed by atoms with Gasteiger partial charge in [-0.25, -0.2) is 4.98 Å². The molecule has 25 heavy (non-hydrogen) atoms. The monoisotopic (exact) mass is 333 g/mol. The number of carbonyl (C=O) groups is 1. The number of aryl methyl sites for hydroxylation is 1. The molecule has 0 spiro atoms. The Morgan fingerprint density at radius 2 is 1.84 bits per heavy atom. The van der Waals surface area contributed by atoms with E-state index in [1.807, 2.05) is 49.4 Å². The Hall–Kier alpha value is -3.14. The van der Waals surface area contributed by atoms with Gasteiger partial charge in [-0.3, -0.25) is 4.79 Å². The van der Waals surface area contributed by atoms with Crippen molar-refractivity contribution < 1.29 is 14.3 Å². The van der Waals surface area contributed by atoms with Gasteiger partial charge in [-0.05, 0) is 42.8 Å². The third-order valence-corrected chi connectivity index (χ3v) is 4.00. The molecule has 0 fully saturated rings. The topological polar surface area (TPSA) is 48.4 Å². The van der Waals surface area contributed by atoms with Crippen LogP contribution in [-0.4, -0.2) is 25.0 Å². The fourth-order valence-corrected chi connectivity index (χ4v) is 2.74. The van der Waals surface area contributed by atoms with E-state index in [0.29, 0.717) is 17.1 Å². The number of ketones is 1. The highest BCUT2D eigenvalue weighted by molar-refractivity contribution is 6.09. The van der Waals surface area contributed by atoms with Crippen molar-refractivity contribution in [1.29, 1.82) is 0 Å². The summed E-state index contributed by atoms with van der Waals surface area (Å²) >= 11 is 0. The molecule has 126 valence electrons. The fourth-order valence-electron chi connectivity index (χ4n) is 2.74. The van der Waals surface area contributed by atoms with Crippen molar-refractivity contribution >= 4 is 22.8 Å². The molecule has 3 rings (SSSR count). The predicted molar refractivity (Wildman–Crippen MR) is 99.4 cm³/mol. The predicted octanol–water partition coefficient (Wildman–Crippen LogP) is 4.46. The van der Waals surface area contributed by atoms with Gasteiger partial charge in [0, 0.05) is 11.5 Å². The van der Waals surface area contributed by atoms with Crippen LogP contribution in [0, 0.1) is 6.92 Å². The van der Waals surface area contributed by atoms with Crippen molar-refractivity contribution in [2.24, 2.45) is 0 Å². The van der Waals surface area contributed by atoms with Gasteiger partial charge in [-0.15, -0.1) is 0 Å². The van der Waals surface area contributed by atoms with Crippen LogP contribution >= 0.6 is 0 Å². The molecule has 0 N–H and O–H groups in total. The van der Waals surface area contributed by atoms with Crippen LogP contribution in [0.25, 0.3) is 17.0 Å². The highest BCUT2D eigenvalue weighted by Gasteiger charge is 2.15. The maximum absolute atomic E-state index is 12.6. The van der Waals surface area contributed by atoms with E-state index >= 15 is 0 Å². The van der Waals surface area contributed by atoms with E-state index in [4.69, 9.17) is 9.47 Å². The standard InChI is InChI=1S/C21H19NO3/c1-14-12-17(24-2)13-20(25-3)21(14)19(23)11-10-16-9-8-15-6-4-5-7-18(15)22-16/h4-13H,1-3H3/b11-10+. The maximum atomic E-state index is 12.6. The summed E-state index contributed by atoms with van der Waals surface area (Å²) in [5, 5.41) is 1.07. The molecule has 0 saturated carbocycles. The van der Waals surface area contributed by atoms with Crippen LogP contribution in [0.3, 0.4) is 0 Å². The zero-order valence-corrected chi connectivity index (χ0v) is 14.4. The van der Waals surface area contributed by atoms with Crippen molar-refractivity contribution in [2.45, 2.75) is 6.92 Å². The summed E-state index contributed by atoms with van der Waals surface area (Å²) < 4.78 is 10.6. The first-order valence-corrected chi connectivity index (χ1v) is 7.93. The molecule has 2 aromatic carbocycles. The number of ether oxygens (including phenoxy) is 2. The number of allylic oxidation sites excluding steroid dienone is 1. The molecule has 4 nitrogen and oxygen atoms in total. The molecule has 1 heterocycles. The van der Waals surface area contributed by atoms with Crippen LogP contribution < -0.4 is 9.47 Å². The molecule has 0 aliphatic rings. The van der Waals surface area contributed by atoms with Crippen LogP contribution in [0.15, 0.2) is 54.6 Å². The van der Waals surface area contributed by atoms with Gasteiger partial charge >= 0.3 is 0 Å². The van der Waals surface area contributed by atoms with Gasteiger partial charge in [0.05, 0.1) is 31.0 Å². The summed E-state index contributed by atoms with van der Waals surface area (Å²) in [5.74, 6) is 1.02. The first kappa shape index (κ1) is 16.7. The number of aromatic nitrogens is 1. The Balaban J connectivity index is 1.91.